The molecule has 0 aliphatic heterocycles. The molecule has 0 bridgehead atoms. The van der Waals surface area contributed by atoms with Gasteiger partial charge in [0.2, 0.25) is 0 Å². The van der Waals surface area contributed by atoms with Crippen LogP contribution in [0.3, 0.4) is 0 Å². The Balaban J connectivity index is 2.71. The third kappa shape index (κ3) is 4.65. The van der Waals surface area contributed by atoms with E-state index in [1.807, 2.05) is 47.6 Å². The quantitative estimate of drug-likeness (QED) is 0.618. The maximum Gasteiger partial charge on any atom is 0.375 e. The Hall–Kier alpha value is -1.39. The molecule has 0 aromatic heterocycles. The SMILES string of the molecule is CC(C)(C)N(OOC(=O)c1ccccc1)C(C)(C)C. The summed E-state index contributed by atoms with van der Waals surface area (Å²) in [4.78, 5) is 22.0. The third-order valence-corrected chi connectivity index (χ3v) is 2.42. The second kappa shape index (κ2) is 5.72. The van der Waals surface area contributed by atoms with Crippen LogP contribution in [0.5, 0.6) is 0 Å². The van der Waals surface area contributed by atoms with Crippen molar-refractivity contribution in [2.75, 3.05) is 0 Å². The molecule has 0 radical (unpaired) electrons. The van der Waals surface area contributed by atoms with Crippen molar-refractivity contribution < 1.29 is 14.7 Å². The fourth-order valence-electron chi connectivity index (χ4n) is 1.92. The number of hydroxylamine groups is 2. The molecule has 0 N–H and O–H groups in total. The van der Waals surface area contributed by atoms with E-state index >= 15 is 0 Å². The van der Waals surface area contributed by atoms with Gasteiger partial charge in [0.05, 0.1) is 5.56 Å². The van der Waals surface area contributed by atoms with E-state index in [0.717, 1.165) is 0 Å². The van der Waals surface area contributed by atoms with E-state index in [1.54, 1.807) is 29.3 Å². The molecule has 19 heavy (non-hydrogen) atoms. The van der Waals surface area contributed by atoms with E-state index in [-0.39, 0.29) is 11.1 Å². The van der Waals surface area contributed by atoms with Crippen molar-refractivity contribution in [3.63, 3.8) is 0 Å². The van der Waals surface area contributed by atoms with Crippen LogP contribution < -0.4 is 0 Å². The van der Waals surface area contributed by atoms with Gasteiger partial charge in [-0.2, -0.15) is 0 Å². The first-order valence-electron chi connectivity index (χ1n) is 6.37. The predicted molar refractivity (Wildman–Crippen MR) is 74.3 cm³/mol. The number of hydrogen-bond acceptors (Lipinski definition) is 4. The number of nitrogens with zero attached hydrogens (tertiary/aromatic N) is 1. The lowest BCUT2D eigenvalue weighted by atomic mass is 10.0. The summed E-state index contributed by atoms with van der Waals surface area (Å²) in [6, 6.07) is 8.77. The van der Waals surface area contributed by atoms with Crippen LogP contribution in [0.1, 0.15) is 51.9 Å². The zero-order valence-electron chi connectivity index (χ0n) is 12.6. The van der Waals surface area contributed by atoms with Crippen LogP contribution in [0.25, 0.3) is 0 Å². The molecular formula is C15H23NO3. The van der Waals surface area contributed by atoms with Crippen molar-refractivity contribution in [1.29, 1.82) is 0 Å². The smallest absolute Gasteiger partial charge is 0.274 e. The molecule has 1 aromatic carbocycles. The van der Waals surface area contributed by atoms with Crippen molar-refractivity contribution in [2.24, 2.45) is 0 Å². The molecular weight excluding hydrogens is 242 g/mol. The molecule has 0 aliphatic carbocycles. The Morgan fingerprint density at radius 2 is 1.42 bits per heavy atom. The highest BCUT2D eigenvalue weighted by Gasteiger charge is 2.35. The normalized spacial score (nSPS) is 12.6. The molecule has 0 spiro atoms. The van der Waals surface area contributed by atoms with Crippen molar-refractivity contribution in [3.05, 3.63) is 35.9 Å². The predicted octanol–water partition coefficient (Wildman–Crippen LogP) is 3.59. The van der Waals surface area contributed by atoms with Gasteiger partial charge in [-0.1, -0.05) is 23.2 Å². The molecule has 1 aromatic rings. The molecule has 4 nitrogen and oxygen atoms in total. The molecule has 106 valence electrons. The number of carbonyl (C=O) groups excluding carboxylic acids is 1. The van der Waals surface area contributed by atoms with Gasteiger partial charge in [-0.25, -0.2) is 4.79 Å². The topological polar surface area (TPSA) is 38.8 Å². The average Bonchev–Trinajstić information content (AvgIpc) is 2.26. The van der Waals surface area contributed by atoms with Gasteiger partial charge in [0.15, 0.2) is 0 Å². The van der Waals surface area contributed by atoms with E-state index in [4.69, 9.17) is 9.88 Å². The summed E-state index contributed by atoms with van der Waals surface area (Å²) in [7, 11) is 0. The van der Waals surface area contributed by atoms with Crippen molar-refractivity contribution >= 4 is 5.97 Å². The summed E-state index contributed by atoms with van der Waals surface area (Å²) in [6.45, 7) is 12.0. The first-order chi connectivity index (χ1) is 8.62. The van der Waals surface area contributed by atoms with Gasteiger partial charge in [-0.15, -0.1) is 5.06 Å². The van der Waals surface area contributed by atoms with Gasteiger partial charge in [-0.05, 0) is 53.7 Å². The zero-order chi connectivity index (χ0) is 14.7. The van der Waals surface area contributed by atoms with Crippen LogP contribution >= 0.6 is 0 Å². The second-order valence-corrected chi connectivity index (χ2v) is 6.45. The first kappa shape index (κ1) is 15.7. The van der Waals surface area contributed by atoms with Crippen LogP contribution in [-0.4, -0.2) is 22.1 Å². The standard InChI is InChI=1S/C15H23NO3/c1-14(2,3)16(15(4,5)6)19-18-13(17)12-10-8-7-9-11-12/h7-11H,1-6H3. The molecule has 0 saturated carbocycles. The lowest BCUT2D eigenvalue weighted by molar-refractivity contribution is -0.434. The summed E-state index contributed by atoms with van der Waals surface area (Å²) in [5.41, 5.74) is -0.102. The number of rotatable bonds is 3. The van der Waals surface area contributed by atoms with Crippen molar-refractivity contribution in [3.8, 4) is 0 Å². The first-order valence-corrected chi connectivity index (χ1v) is 6.37. The Morgan fingerprint density at radius 1 is 0.947 bits per heavy atom. The maximum atomic E-state index is 11.8. The highest BCUT2D eigenvalue weighted by Crippen LogP contribution is 2.25. The van der Waals surface area contributed by atoms with Crippen molar-refractivity contribution in [1.82, 2.24) is 5.06 Å². The van der Waals surface area contributed by atoms with Gasteiger partial charge in [0, 0.05) is 11.1 Å². The van der Waals surface area contributed by atoms with Gasteiger partial charge in [0.25, 0.3) is 0 Å². The highest BCUT2D eigenvalue weighted by atomic mass is 17.3. The number of carbonyl (C=O) groups is 1. The molecule has 0 atom stereocenters. The maximum absolute atomic E-state index is 11.8. The molecule has 0 amide bonds. The monoisotopic (exact) mass is 265 g/mol. The molecule has 4 heteroatoms. The van der Waals surface area contributed by atoms with Gasteiger partial charge in [0.1, 0.15) is 0 Å². The van der Waals surface area contributed by atoms with E-state index in [1.165, 1.54) is 0 Å². The lowest BCUT2D eigenvalue weighted by Gasteiger charge is -2.41. The van der Waals surface area contributed by atoms with Gasteiger partial charge >= 0.3 is 5.97 Å². The summed E-state index contributed by atoms with van der Waals surface area (Å²) in [5, 5.41) is 1.67. The highest BCUT2D eigenvalue weighted by molar-refractivity contribution is 5.88. The van der Waals surface area contributed by atoms with E-state index in [0.29, 0.717) is 5.56 Å². The molecule has 0 unspecified atom stereocenters. The average molecular weight is 265 g/mol. The molecule has 1 rings (SSSR count). The molecule has 0 aliphatic rings. The Labute approximate surface area is 115 Å². The molecule has 0 heterocycles. The lowest BCUT2D eigenvalue weighted by Crippen LogP contribution is -2.52. The van der Waals surface area contributed by atoms with Gasteiger partial charge in [-0.3, -0.25) is 4.89 Å². The largest absolute Gasteiger partial charge is 0.375 e. The molecule has 0 fully saturated rings. The summed E-state index contributed by atoms with van der Waals surface area (Å²) < 4.78 is 0. The zero-order valence-corrected chi connectivity index (χ0v) is 12.6. The molecule has 0 saturated heterocycles. The van der Waals surface area contributed by atoms with Crippen LogP contribution in [-0.2, 0) is 9.88 Å². The Bertz CT molecular complexity index is 401. The van der Waals surface area contributed by atoms with Crippen molar-refractivity contribution in [2.45, 2.75) is 52.6 Å². The van der Waals surface area contributed by atoms with E-state index in [2.05, 4.69) is 0 Å². The second-order valence-electron chi connectivity index (χ2n) is 6.45. The fourth-order valence-corrected chi connectivity index (χ4v) is 1.92. The van der Waals surface area contributed by atoms with Gasteiger partial charge < -0.3 is 0 Å². The Morgan fingerprint density at radius 3 is 1.84 bits per heavy atom. The summed E-state index contributed by atoms with van der Waals surface area (Å²) in [5.74, 6) is -0.501. The Kier molecular flexibility index (Phi) is 4.71. The summed E-state index contributed by atoms with van der Waals surface area (Å²) in [6.07, 6.45) is 0. The van der Waals surface area contributed by atoms with Crippen LogP contribution in [0.4, 0.5) is 0 Å². The van der Waals surface area contributed by atoms with Crippen LogP contribution in [0.15, 0.2) is 30.3 Å². The fraction of sp³-hybridized carbons (Fsp3) is 0.533. The summed E-state index contributed by atoms with van der Waals surface area (Å²) >= 11 is 0. The number of benzene rings is 1. The van der Waals surface area contributed by atoms with E-state index in [9.17, 15) is 4.79 Å². The minimum Gasteiger partial charge on any atom is -0.274 e. The number of hydrogen-bond donors (Lipinski definition) is 0. The minimum absolute atomic E-state index is 0.283. The van der Waals surface area contributed by atoms with Crippen LogP contribution in [0, 0.1) is 0 Å². The third-order valence-electron chi connectivity index (χ3n) is 2.42. The van der Waals surface area contributed by atoms with Crippen LogP contribution in [0.2, 0.25) is 0 Å². The van der Waals surface area contributed by atoms with E-state index < -0.39 is 5.97 Å². The minimum atomic E-state index is -0.501.